The van der Waals surface area contributed by atoms with Gasteiger partial charge in [0.25, 0.3) is 0 Å². The minimum Gasteiger partial charge on any atom is -0.347 e. The molecule has 3 nitrogen and oxygen atoms in total. The van der Waals surface area contributed by atoms with Gasteiger partial charge < -0.3 is 4.90 Å². The van der Waals surface area contributed by atoms with E-state index >= 15 is 0 Å². The minimum absolute atomic E-state index is 0.0577. The second-order valence-electron chi connectivity index (χ2n) is 7.31. The lowest BCUT2D eigenvalue weighted by Crippen LogP contribution is -2.42. The molecule has 1 saturated heterocycles. The zero-order valence-corrected chi connectivity index (χ0v) is 14.0. The summed E-state index contributed by atoms with van der Waals surface area (Å²) in [6, 6.07) is 8.90. The molecule has 1 aromatic carbocycles. The summed E-state index contributed by atoms with van der Waals surface area (Å²) in [5.41, 5.74) is 2.84. The van der Waals surface area contributed by atoms with Crippen molar-refractivity contribution >= 4 is 5.91 Å². The van der Waals surface area contributed by atoms with Gasteiger partial charge in [-0.1, -0.05) is 45.0 Å². The molecule has 1 aliphatic rings. The maximum atomic E-state index is 12.2. The number of carbonyl (C=O) groups is 1. The Bertz CT molecular complexity index is 485. The van der Waals surface area contributed by atoms with E-state index in [0.717, 1.165) is 25.9 Å². The van der Waals surface area contributed by atoms with Crippen LogP contribution in [-0.4, -0.2) is 42.4 Å². The van der Waals surface area contributed by atoms with E-state index in [0.29, 0.717) is 0 Å². The van der Waals surface area contributed by atoms with E-state index in [1.54, 1.807) is 4.90 Å². The number of hydrogen-bond acceptors (Lipinski definition) is 2. The number of benzene rings is 1. The van der Waals surface area contributed by atoms with Gasteiger partial charge in [-0.25, -0.2) is 0 Å². The number of amides is 1. The predicted molar refractivity (Wildman–Crippen MR) is 87.3 cm³/mol. The largest absolute Gasteiger partial charge is 0.347 e. The van der Waals surface area contributed by atoms with Crippen molar-refractivity contribution in [2.24, 2.45) is 0 Å². The van der Waals surface area contributed by atoms with Crippen molar-refractivity contribution < 1.29 is 4.79 Å². The van der Waals surface area contributed by atoms with Crippen molar-refractivity contribution in [1.82, 2.24) is 9.80 Å². The van der Waals surface area contributed by atoms with Crippen LogP contribution in [0.15, 0.2) is 24.3 Å². The number of rotatable bonds is 3. The first-order valence-electron chi connectivity index (χ1n) is 7.83. The first kappa shape index (κ1) is 16.0. The minimum atomic E-state index is 0.0577. The van der Waals surface area contributed by atoms with Crippen molar-refractivity contribution in [3.05, 3.63) is 35.4 Å². The second kappa shape index (κ2) is 6.18. The molecule has 0 saturated carbocycles. The first-order chi connectivity index (χ1) is 9.79. The van der Waals surface area contributed by atoms with E-state index in [2.05, 4.69) is 49.9 Å². The SMILES string of the molecule is CN(C)C(=O)[C@@H]1CCCN1Cc1ccc(C(C)(C)C)cc1. The van der Waals surface area contributed by atoms with Crippen LogP contribution in [0.2, 0.25) is 0 Å². The summed E-state index contributed by atoms with van der Waals surface area (Å²) in [4.78, 5) is 16.2. The Hall–Kier alpha value is -1.35. The zero-order valence-electron chi connectivity index (χ0n) is 14.0. The highest BCUT2D eigenvalue weighted by Gasteiger charge is 2.31. The number of likely N-dealkylation sites (N-methyl/N-ethyl adjacent to an activating group) is 1. The lowest BCUT2D eigenvalue weighted by molar-refractivity contribution is -0.133. The summed E-state index contributed by atoms with van der Waals surface area (Å²) in [5, 5.41) is 0. The number of nitrogens with zero attached hydrogens (tertiary/aromatic N) is 2. The van der Waals surface area contributed by atoms with E-state index < -0.39 is 0 Å². The third-order valence-electron chi connectivity index (χ3n) is 4.30. The molecule has 0 bridgehead atoms. The topological polar surface area (TPSA) is 23.6 Å². The molecule has 2 rings (SSSR count). The molecule has 1 atom stereocenters. The van der Waals surface area contributed by atoms with Crippen LogP contribution in [0.3, 0.4) is 0 Å². The van der Waals surface area contributed by atoms with Gasteiger partial charge in [0.05, 0.1) is 6.04 Å². The van der Waals surface area contributed by atoms with Crippen molar-refractivity contribution in [3.8, 4) is 0 Å². The summed E-state index contributed by atoms with van der Waals surface area (Å²) in [6.45, 7) is 8.58. The summed E-state index contributed by atoms with van der Waals surface area (Å²) in [7, 11) is 3.69. The normalized spacial score (nSPS) is 19.8. The van der Waals surface area contributed by atoms with Gasteiger partial charge in [-0.2, -0.15) is 0 Å². The van der Waals surface area contributed by atoms with Gasteiger partial charge >= 0.3 is 0 Å². The van der Waals surface area contributed by atoms with Crippen LogP contribution in [0.25, 0.3) is 0 Å². The third kappa shape index (κ3) is 3.85. The molecule has 1 fully saturated rings. The fourth-order valence-electron chi connectivity index (χ4n) is 2.94. The average Bonchev–Trinajstić information content (AvgIpc) is 2.85. The van der Waals surface area contributed by atoms with Gasteiger partial charge in [0.2, 0.25) is 5.91 Å². The number of hydrogen-bond donors (Lipinski definition) is 0. The van der Waals surface area contributed by atoms with Gasteiger partial charge in [-0.15, -0.1) is 0 Å². The highest BCUT2D eigenvalue weighted by molar-refractivity contribution is 5.81. The molecule has 21 heavy (non-hydrogen) atoms. The molecule has 1 aromatic rings. The molecular formula is C18H28N2O. The molecule has 0 radical (unpaired) electrons. The van der Waals surface area contributed by atoms with E-state index in [9.17, 15) is 4.79 Å². The van der Waals surface area contributed by atoms with Crippen LogP contribution < -0.4 is 0 Å². The standard InChI is InChI=1S/C18H28N2O/c1-18(2,3)15-10-8-14(9-11-15)13-20-12-6-7-16(20)17(21)19(4)5/h8-11,16H,6-7,12-13H2,1-5H3/t16-/m0/s1. The molecule has 0 unspecified atom stereocenters. The molecule has 1 heterocycles. The Morgan fingerprint density at radius 1 is 1.24 bits per heavy atom. The fourth-order valence-corrected chi connectivity index (χ4v) is 2.94. The molecule has 0 N–H and O–H groups in total. The molecule has 3 heteroatoms. The van der Waals surface area contributed by atoms with Crippen LogP contribution in [0.5, 0.6) is 0 Å². The van der Waals surface area contributed by atoms with Crippen LogP contribution in [0.1, 0.15) is 44.7 Å². The maximum Gasteiger partial charge on any atom is 0.239 e. The number of carbonyl (C=O) groups excluding carboxylic acids is 1. The van der Waals surface area contributed by atoms with Gasteiger partial charge in [0.15, 0.2) is 0 Å². The first-order valence-corrected chi connectivity index (χ1v) is 7.83. The molecule has 116 valence electrons. The third-order valence-corrected chi connectivity index (χ3v) is 4.30. The van der Waals surface area contributed by atoms with Gasteiger partial charge in [0, 0.05) is 20.6 Å². The second-order valence-corrected chi connectivity index (χ2v) is 7.31. The summed E-state index contributed by atoms with van der Waals surface area (Å²) < 4.78 is 0. The Kier molecular flexibility index (Phi) is 4.72. The van der Waals surface area contributed by atoms with Gasteiger partial charge in [-0.3, -0.25) is 9.69 Å². The summed E-state index contributed by atoms with van der Waals surface area (Å²) in [6.07, 6.45) is 2.10. The van der Waals surface area contributed by atoms with E-state index in [1.807, 2.05) is 14.1 Å². The molecule has 1 aliphatic heterocycles. The monoisotopic (exact) mass is 288 g/mol. The number of likely N-dealkylation sites (tertiary alicyclic amines) is 1. The van der Waals surface area contributed by atoms with Crippen LogP contribution in [0.4, 0.5) is 0 Å². The van der Waals surface area contributed by atoms with Crippen LogP contribution in [-0.2, 0) is 16.8 Å². The molecular weight excluding hydrogens is 260 g/mol. The highest BCUT2D eigenvalue weighted by Crippen LogP contribution is 2.24. The van der Waals surface area contributed by atoms with Crippen LogP contribution >= 0.6 is 0 Å². The Morgan fingerprint density at radius 2 is 1.86 bits per heavy atom. The quantitative estimate of drug-likeness (QED) is 0.853. The lowest BCUT2D eigenvalue weighted by Gasteiger charge is -2.26. The van der Waals surface area contributed by atoms with E-state index in [-0.39, 0.29) is 17.4 Å². The Morgan fingerprint density at radius 3 is 2.38 bits per heavy atom. The molecule has 0 spiro atoms. The predicted octanol–water partition coefficient (Wildman–Crippen LogP) is 3.04. The fraction of sp³-hybridized carbons (Fsp3) is 0.611. The molecule has 0 aliphatic carbocycles. The molecule has 1 amide bonds. The highest BCUT2D eigenvalue weighted by atomic mass is 16.2. The Balaban J connectivity index is 2.05. The summed E-state index contributed by atoms with van der Waals surface area (Å²) in [5.74, 6) is 0.235. The maximum absolute atomic E-state index is 12.2. The average molecular weight is 288 g/mol. The van der Waals surface area contributed by atoms with E-state index in [4.69, 9.17) is 0 Å². The Labute approximate surface area is 128 Å². The lowest BCUT2D eigenvalue weighted by atomic mass is 9.87. The molecule has 0 aromatic heterocycles. The smallest absolute Gasteiger partial charge is 0.239 e. The van der Waals surface area contributed by atoms with Crippen LogP contribution in [0, 0.1) is 0 Å². The van der Waals surface area contributed by atoms with Gasteiger partial charge in [-0.05, 0) is 35.9 Å². The summed E-state index contributed by atoms with van der Waals surface area (Å²) >= 11 is 0. The van der Waals surface area contributed by atoms with Crippen molar-refractivity contribution in [2.75, 3.05) is 20.6 Å². The van der Waals surface area contributed by atoms with E-state index in [1.165, 1.54) is 11.1 Å². The zero-order chi connectivity index (χ0) is 15.6. The van der Waals surface area contributed by atoms with Crippen molar-refractivity contribution in [1.29, 1.82) is 0 Å². The van der Waals surface area contributed by atoms with Crippen molar-refractivity contribution in [3.63, 3.8) is 0 Å². The van der Waals surface area contributed by atoms with Crippen molar-refractivity contribution in [2.45, 2.75) is 51.6 Å². The van der Waals surface area contributed by atoms with Gasteiger partial charge in [0.1, 0.15) is 0 Å².